The van der Waals surface area contributed by atoms with Crippen molar-refractivity contribution in [3.63, 3.8) is 0 Å². The third-order valence-corrected chi connectivity index (χ3v) is 2.67. The van der Waals surface area contributed by atoms with E-state index in [0.717, 1.165) is 11.1 Å². The van der Waals surface area contributed by atoms with Crippen LogP contribution in [0, 0.1) is 6.92 Å². The quantitative estimate of drug-likeness (QED) is 0.672. The number of hydrogen-bond donors (Lipinski definition) is 2. The molecule has 0 aromatic heterocycles. The van der Waals surface area contributed by atoms with Crippen LogP contribution in [0.2, 0.25) is 0 Å². The number of urea groups is 1. The summed E-state index contributed by atoms with van der Waals surface area (Å²) in [6, 6.07) is 7.08. The molecule has 0 unspecified atom stereocenters. The average molecular weight is 204 g/mol. The Hall–Kier alpha value is -1.84. The minimum absolute atomic E-state index is 0.309. The number of hydrogen-bond acceptors (Lipinski definition) is 2. The summed E-state index contributed by atoms with van der Waals surface area (Å²) in [6.07, 6.45) is 0. The number of nitrogens with one attached hydrogen (secondary N) is 2. The molecule has 1 saturated heterocycles. The fraction of sp³-hybridized carbons (Fsp3) is 0.273. The number of aryl methyl sites for hydroxylation is 1. The highest BCUT2D eigenvalue weighted by Gasteiger charge is 2.43. The van der Waals surface area contributed by atoms with Crippen molar-refractivity contribution < 1.29 is 9.59 Å². The van der Waals surface area contributed by atoms with Crippen molar-refractivity contribution in [2.24, 2.45) is 0 Å². The Bertz CT molecular complexity index is 425. The molecule has 0 aliphatic carbocycles. The maximum Gasteiger partial charge on any atom is 0.322 e. The molecule has 1 aliphatic heterocycles. The van der Waals surface area contributed by atoms with Crippen LogP contribution in [0.25, 0.3) is 0 Å². The molecule has 1 aliphatic rings. The molecular formula is C11H12N2O2. The topological polar surface area (TPSA) is 58.2 Å². The van der Waals surface area contributed by atoms with Gasteiger partial charge in [0, 0.05) is 0 Å². The number of imide groups is 1. The second-order valence-electron chi connectivity index (χ2n) is 3.90. The number of rotatable bonds is 1. The molecule has 1 atom stereocenters. The van der Waals surface area contributed by atoms with Gasteiger partial charge in [0.1, 0.15) is 5.54 Å². The van der Waals surface area contributed by atoms with E-state index in [1.165, 1.54) is 0 Å². The molecule has 1 heterocycles. The van der Waals surface area contributed by atoms with Gasteiger partial charge in [0.25, 0.3) is 5.91 Å². The zero-order valence-corrected chi connectivity index (χ0v) is 8.63. The van der Waals surface area contributed by atoms with Crippen molar-refractivity contribution in [1.82, 2.24) is 10.6 Å². The smallest absolute Gasteiger partial charge is 0.320 e. The summed E-state index contributed by atoms with van der Waals surface area (Å²) in [7, 11) is 0. The molecule has 0 saturated carbocycles. The lowest BCUT2D eigenvalue weighted by atomic mass is 9.92. The van der Waals surface area contributed by atoms with Crippen LogP contribution in [-0.4, -0.2) is 11.9 Å². The minimum Gasteiger partial charge on any atom is -0.320 e. The van der Waals surface area contributed by atoms with E-state index in [4.69, 9.17) is 0 Å². The van der Waals surface area contributed by atoms with Gasteiger partial charge in [-0.3, -0.25) is 10.1 Å². The molecule has 78 valence electrons. The second kappa shape index (κ2) is 3.08. The molecule has 2 N–H and O–H groups in total. The standard InChI is InChI=1S/C11H12N2O2/c1-7-3-5-8(6-4-7)11(2)9(14)12-10(15)13-11/h3-6H,1-2H3,(H2,12,13,14,15)/t11-/m0/s1. The molecule has 0 bridgehead atoms. The van der Waals surface area contributed by atoms with Crippen molar-refractivity contribution in [3.05, 3.63) is 35.4 Å². The number of carbonyl (C=O) groups is 2. The summed E-state index contributed by atoms with van der Waals surface area (Å²) >= 11 is 0. The lowest BCUT2D eigenvalue weighted by molar-refractivity contribution is -0.123. The maximum absolute atomic E-state index is 11.6. The van der Waals surface area contributed by atoms with Crippen molar-refractivity contribution in [2.45, 2.75) is 19.4 Å². The first-order valence-electron chi connectivity index (χ1n) is 4.73. The molecule has 0 radical (unpaired) electrons. The molecule has 3 amide bonds. The van der Waals surface area contributed by atoms with Crippen LogP contribution in [0.4, 0.5) is 4.79 Å². The Morgan fingerprint density at radius 2 is 1.73 bits per heavy atom. The molecule has 1 aromatic rings. The van der Waals surface area contributed by atoms with Gasteiger partial charge in [0.2, 0.25) is 0 Å². The number of amides is 3. The SMILES string of the molecule is Cc1ccc([C@]2(C)NC(=O)NC2=O)cc1. The van der Waals surface area contributed by atoms with Crippen molar-refractivity contribution in [2.75, 3.05) is 0 Å². The number of benzene rings is 1. The van der Waals surface area contributed by atoms with E-state index < -0.39 is 11.6 Å². The monoisotopic (exact) mass is 204 g/mol. The molecular weight excluding hydrogens is 192 g/mol. The second-order valence-corrected chi connectivity index (χ2v) is 3.90. The lowest BCUT2D eigenvalue weighted by Gasteiger charge is -2.20. The molecule has 4 heteroatoms. The summed E-state index contributed by atoms with van der Waals surface area (Å²) in [6.45, 7) is 3.66. The van der Waals surface area contributed by atoms with Crippen molar-refractivity contribution >= 4 is 11.9 Å². The molecule has 1 aromatic carbocycles. The van der Waals surface area contributed by atoms with Crippen LogP contribution in [0.3, 0.4) is 0 Å². The summed E-state index contributed by atoms with van der Waals surface area (Å²) in [5.74, 6) is -0.309. The summed E-state index contributed by atoms with van der Waals surface area (Å²) < 4.78 is 0. The highest BCUT2D eigenvalue weighted by atomic mass is 16.2. The summed E-state index contributed by atoms with van der Waals surface area (Å²) in [5.41, 5.74) is 0.966. The van der Waals surface area contributed by atoms with Gasteiger partial charge in [0.15, 0.2) is 0 Å². The predicted molar refractivity (Wildman–Crippen MR) is 55.2 cm³/mol. The lowest BCUT2D eigenvalue weighted by Crippen LogP contribution is -2.40. The summed E-state index contributed by atoms with van der Waals surface area (Å²) in [4.78, 5) is 22.7. The normalized spacial score (nSPS) is 24.9. The zero-order valence-electron chi connectivity index (χ0n) is 8.63. The highest BCUT2D eigenvalue weighted by molar-refractivity contribution is 6.07. The minimum atomic E-state index is -0.940. The molecule has 0 spiro atoms. The van der Waals surface area contributed by atoms with Crippen LogP contribution < -0.4 is 10.6 Å². The van der Waals surface area contributed by atoms with E-state index >= 15 is 0 Å². The first kappa shape index (κ1) is 9.71. The van der Waals surface area contributed by atoms with E-state index in [9.17, 15) is 9.59 Å². The van der Waals surface area contributed by atoms with E-state index in [1.807, 2.05) is 31.2 Å². The van der Waals surface area contributed by atoms with E-state index in [2.05, 4.69) is 10.6 Å². The van der Waals surface area contributed by atoms with Crippen LogP contribution in [0.15, 0.2) is 24.3 Å². The van der Waals surface area contributed by atoms with Gasteiger partial charge in [-0.1, -0.05) is 29.8 Å². The van der Waals surface area contributed by atoms with Crippen LogP contribution in [-0.2, 0) is 10.3 Å². The van der Waals surface area contributed by atoms with Crippen LogP contribution in [0.5, 0.6) is 0 Å². The third kappa shape index (κ3) is 1.48. The fourth-order valence-corrected chi connectivity index (χ4v) is 1.63. The van der Waals surface area contributed by atoms with E-state index in [1.54, 1.807) is 6.92 Å². The molecule has 4 nitrogen and oxygen atoms in total. The van der Waals surface area contributed by atoms with Gasteiger partial charge < -0.3 is 5.32 Å². The van der Waals surface area contributed by atoms with Gasteiger partial charge in [-0.15, -0.1) is 0 Å². The largest absolute Gasteiger partial charge is 0.322 e. The fourth-order valence-electron chi connectivity index (χ4n) is 1.63. The Balaban J connectivity index is 2.41. The zero-order chi connectivity index (χ0) is 11.1. The van der Waals surface area contributed by atoms with E-state index in [-0.39, 0.29) is 5.91 Å². The first-order valence-corrected chi connectivity index (χ1v) is 4.73. The van der Waals surface area contributed by atoms with Crippen LogP contribution >= 0.6 is 0 Å². The Labute approximate surface area is 87.7 Å². The van der Waals surface area contributed by atoms with Crippen molar-refractivity contribution in [1.29, 1.82) is 0 Å². The van der Waals surface area contributed by atoms with Crippen LogP contribution in [0.1, 0.15) is 18.1 Å². The predicted octanol–water partition coefficient (Wildman–Crippen LogP) is 1.05. The van der Waals surface area contributed by atoms with Crippen molar-refractivity contribution in [3.8, 4) is 0 Å². The van der Waals surface area contributed by atoms with Gasteiger partial charge in [-0.2, -0.15) is 0 Å². The molecule has 1 fully saturated rings. The maximum atomic E-state index is 11.6. The number of carbonyl (C=O) groups excluding carboxylic acids is 2. The van der Waals surface area contributed by atoms with Gasteiger partial charge >= 0.3 is 6.03 Å². The Morgan fingerprint density at radius 1 is 1.13 bits per heavy atom. The van der Waals surface area contributed by atoms with Gasteiger partial charge in [0.05, 0.1) is 0 Å². The van der Waals surface area contributed by atoms with Gasteiger partial charge in [-0.05, 0) is 19.4 Å². The van der Waals surface area contributed by atoms with Gasteiger partial charge in [-0.25, -0.2) is 4.79 Å². The Kier molecular flexibility index (Phi) is 2.00. The highest BCUT2D eigenvalue weighted by Crippen LogP contribution is 2.24. The Morgan fingerprint density at radius 3 is 2.20 bits per heavy atom. The third-order valence-electron chi connectivity index (χ3n) is 2.67. The summed E-state index contributed by atoms with van der Waals surface area (Å²) in [5, 5.41) is 4.85. The average Bonchev–Trinajstić information content (AvgIpc) is 2.42. The molecule has 15 heavy (non-hydrogen) atoms. The molecule has 2 rings (SSSR count). The van der Waals surface area contributed by atoms with E-state index in [0.29, 0.717) is 0 Å². The first-order chi connectivity index (χ1) is 7.02.